The molecule has 2 aromatic carbocycles. The van der Waals surface area contributed by atoms with Gasteiger partial charge in [-0.2, -0.15) is 0 Å². The Morgan fingerprint density at radius 1 is 0.706 bits per heavy atom. The molecule has 0 atom stereocenters. The highest BCUT2D eigenvalue weighted by Gasteiger charge is 2.34. The highest BCUT2D eigenvalue weighted by molar-refractivity contribution is 6.06. The number of aliphatic hydroxyl groups is 2. The van der Waals surface area contributed by atoms with Gasteiger partial charge in [-0.05, 0) is 62.1 Å². The predicted molar refractivity (Wildman–Crippen MR) is 133 cm³/mol. The van der Waals surface area contributed by atoms with E-state index in [2.05, 4.69) is 0 Å². The van der Waals surface area contributed by atoms with Gasteiger partial charge in [0, 0.05) is 18.2 Å². The molecule has 0 amide bonds. The average Bonchev–Trinajstić information content (AvgIpc) is 2.95. The van der Waals surface area contributed by atoms with Crippen molar-refractivity contribution in [3.05, 3.63) is 68.0 Å². The standard InChI is InChI=1S/C27H31NO6/c1-6-26(33,7-2)24(31)16-10-12-20-18(14-16)22(29)23(30)19-15-17(11-13-21(19)28(20)5)25(32)27(34,8-3)9-4/h10-15,33-34H,6-9H2,1-5H3. The largest absolute Gasteiger partial charge is 0.382 e. The number of carbonyl (C=O) groups is 2. The molecule has 0 radical (unpaired) electrons. The van der Waals surface area contributed by atoms with Gasteiger partial charge in [0.05, 0.1) is 21.8 Å². The molecule has 7 heteroatoms. The maximum absolute atomic E-state index is 13.2. The monoisotopic (exact) mass is 465 g/mol. The van der Waals surface area contributed by atoms with E-state index in [1.807, 2.05) is 0 Å². The van der Waals surface area contributed by atoms with Crippen LogP contribution in [-0.4, -0.2) is 37.5 Å². The molecule has 7 nitrogen and oxygen atoms in total. The van der Waals surface area contributed by atoms with Crippen molar-refractivity contribution in [2.75, 3.05) is 0 Å². The molecular weight excluding hydrogens is 434 g/mol. The maximum Gasteiger partial charge on any atom is 0.235 e. The van der Waals surface area contributed by atoms with E-state index in [0.717, 1.165) is 0 Å². The first-order chi connectivity index (χ1) is 16.0. The number of ketones is 2. The van der Waals surface area contributed by atoms with Crippen LogP contribution >= 0.6 is 0 Å². The number of hydrogen-bond donors (Lipinski definition) is 2. The number of aromatic nitrogens is 1. The second-order valence-corrected chi connectivity index (χ2v) is 8.82. The van der Waals surface area contributed by atoms with Gasteiger partial charge < -0.3 is 14.8 Å². The number of Topliss-reactive ketones (excluding diaryl/α,β-unsaturated/α-hetero) is 2. The molecule has 0 aliphatic carbocycles. The highest BCUT2D eigenvalue weighted by Crippen LogP contribution is 2.25. The zero-order valence-electron chi connectivity index (χ0n) is 20.3. The molecule has 180 valence electrons. The summed E-state index contributed by atoms with van der Waals surface area (Å²) in [5, 5.41) is 21.4. The van der Waals surface area contributed by atoms with Crippen molar-refractivity contribution in [2.24, 2.45) is 7.05 Å². The number of aryl methyl sites for hydroxylation is 1. The molecule has 0 fully saturated rings. The summed E-state index contributed by atoms with van der Waals surface area (Å²) in [6, 6.07) is 8.96. The molecule has 0 aliphatic heterocycles. The number of fused-ring (bicyclic) bond motifs is 2. The Balaban J connectivity index is 2.34. The van der Waals surface area contributed by atoms with Crippen LogP contribution in [0.5, 0.6) is 0 Å². The molecule has 3 rings (SSSR count). The normalized spacial score (nSPS) is 12.3. The van der Waals surface area contributed by atoms with Gasteiger partial charge in [-0.25, -0.2) is 0 Å². The molecule has 1 heterocycles. The Morgan fingerprint density at radius 3 is 1.32 bits per heavy atom. The van der Waals surface area contributed by atoms with E-state index in [4.69, 9.17) is 0 Å². The number of rotatable bonds is 8. The fraction of sp³-hybridized carbons (Fsp3) is 0.407. The fourth-order valence-corrected chi connectivity index (χ4v) is 4.36. The van der Waals surface area contributed by atoms with Crippen LogP contribution < -0.4 is 10.9 Å². The number of carbonyl (C=O) groups excluding carboxylic acids is 2. The van der Waals surface area contributed by atoms with Gasteiger partial charge in [-0.3, -0.25) is 19.2 Å². The van der Waals surface area contributed by atoms with E-state index in [-0.39, 0.29) is 47.6 Å². The van der Waals surface area contributed by atoms with Crippen molar-refractivity contribution in [2.45, 2.75) is 64.6 Å². The molecule has 34 heavy (non-hydrogen) atoms. The van der Waals surface area contributed by atoms with E-state index in [1.54, 1.807) is 51.4 Å². The first kappa shape index (κ1) is 25.5. The van der Waals surface area contributed by atoms with Crippen LogP contribution in [0.15, 0.2) is 46.0 Å². The van der Waals surface area contributed by atoms with E-state index in [0.29, 0.717) is 11.0 Å². The Labute approximate surface area is 197 Å². The molecule has 0 bridgehead atoms. The first-order valence-electron chi connectivity index (χ1n) is 11.6. The average molecular weight is 466 g/mol. The molecule has 0 saturated heterocycles. The Kier molecular flexibility index (Phi) is 6.92. The van der Waals surface area contributed by atoms with Crippen molar-refractivity contribution < 1.29 is 19.8 Å². The quantitative estimate of drug-likeness (QED) is 0.389. The fourth-order valence-electron chi connectivity index (χ4n) is 4.36. The lowest BCUT2D eigenvalue weighted by Crippen LogP contribution is -2.37. The predicted octanol–water partition coefficient (Wildman–Crippen LogP) is 3.52. The molecule has 0 saturated carbocycles. The summed E-state index contributed by atoms with van der Waals surface area (Å²) in [6.07, 6.45) is 0.874. The smallest absolute Gasteiger partial charge is 0.235 e. The lowest BCUT2D eigenvalue weighted by atomic mass is 9.87. The van der Waals surface area contributed by atoms with Crippen molar-refractivity contribution in [3.63, 3.8) is 0 Å². The van der Waals surface area contributed by atoms with Crippen molar-refractivity contribution in [1.82, 2.24) is 4.57 Å². The molecular formula is C27H31NO6. The second kappa shape index (κ2) is 9.24. The molecule has 2 N–H and O–H groups in total. The van der Waals surface area contributed by atoms with Gasteiger partial charge in [0.1, 0.15) is 11.2 Å². The highest BCUT2D eigenvalue weighted by atomic mass is 16.3. The zero-order chi connectivity index (χ0) is 25.4. The van der Waals surface area contributed by atoms with Gasteiger partial charge in [0.25, 0.3) is 0 Å². The van der Waals surface area contributed by atoms with Crippen LogP contribution in [0.4, 0.5) is 0 Å². The first-order valence-corrected chi connectivity index (χ1v) is 11.6. The molecule has 1 aromatic heterocycles. The van der Waals surface area contributed by atoms with Gasteiger partial charge in [-0.1, -0.05) is 27.7 Å². The van der Waals surface area contributed by atoms with Crippen LogP contribution in [0, 0.1) is 0 Å². The topological polar surface area (TPSA) is 114 Å². The van der Waals surface area contributed by atoms with Crippen LogP contribution in [-0.2, 0) is 7.05 Å². The summed E-state index contributed by atoms with van der Waals surface area (Å²) in [7, 11) is 1.69. The maximum atomic E-state index is 13.2. The van der Waals surface area contributed by atoms with Gasteiger partial charge in [0.15, 0.2) is 11.6 Å². The lowest BCUT2D eigenvalue weighted by molar-refractivity contribution is 0.0277. The number of nitrogens with zero attached hydrogens (tertiary/aromatic N) is 1. The zero-order valence-corrected chi connectivity index (χ0v) is 20.3. The molecule has 0 unspecified atom stereocenters. The van der Waals surface area contributed by atoms with E-state index in [1.165, 1.54) is 24.3 Å². The Bertz CT molecular complexity index is 1300. The van der Waals surface area contributed by atoms with Gasteiger partial charge in [-0.15, -0.1) is 0 Å². The summed E-state index contributed by atoms with van der Waals surface area (Å²) in [6.45, 7) is 6.84. The minimum Gasteiger partial charge on any atom is -0.382 e. The van der Waals surface area contributed by atoms with Crippen molar-refractivity contribution >= 4 is 33.4 Å². The minimum absolute atomic E-state index is 0.0515. The third-order valence-electron chi connectivity index (χ3n) is 7.12. The van der Waals surface area contributed by atoms with E-state index < -0.39 is 33.6 Å². The summed E-state index contributed by atoms with van der Waals surface area (Å²) in [4.78, 5) is 52.3. The third-order valence-corrected chi connectivity index (χ3v) is 7.12. The SMILES string of the molecule is CCC(O)(CC)C(=O)c1ccc2c(c1)c(=O)c(=O)c1cc(C(=O)C(O)(CC)CC)ccc1n2C. The van der Waals surface area contributed by atoms with Gasteiger partial charge in [0.2, 0.25) is 10.9 Å². The Morgan fingerprint density at radius 2 is 1.03 bits per heavy atom. The Hall–Kier alpha value is -3.16. The van der Waals surface area contributed by atoms with Crippen molar-refractivity contribution in [3.8, 4) is 0 Å². The van der Waals surface area contributed by atoms with Gasteiger partial charge >= 0.3 is 0 Å². The minimum atomic E-state index is -1.55. The lowest BCUT2D eigenvalue weighted by Gasteiger charge is -2.23. The molecule has 0 aliphatic rings. The van der Waals surface area contributed by atoms with Crippen LogP contribution in [0.3, 0.4) is 0 Å². The molecule has 0 spiro atoms. The van der Waals surface area contributed by atoms with Crippen molar-refractivity contribution in [1.29, 1.82) is 0 Å². The van der Waals surface area contributed by atoms with Crippen LogP contribution in [0.25, 0.3) is 21.8 Å². The summed E-state index contributed by atoms with van der Waals surface area (Å²) < 4.78 is 1.66. The number of benzene rings is 2. The number of hydrogen-bond acceptors (Lipinski definition) is 6. The third kappa shape index (κ3) is 3.99. The summed E-state index contributed by atoms with van der Waals surface area (Å²) >= 11 is 0. The molecule has 3 aromatic rings. The van der Waals surface area contributed by atoms with E-state index >= 15 is 0 Å². The van der Waals surface area contributed by atoms with Crippen LogP contribution in [0.1, 0.15) is 74.1 Å². The summed E-state index contributed by atoms with van der Waals surface area (Å²) in [5.41, 5.74) is -3.55. The second-order valence-electron chi connectivity index (χ2n) is 8.82. The van der Waals surface area contributed by atoms with Crippen LogP contribution in [0.2, 0.25) is 0 Å². The summed E-state index contributed by atoms with van der Waals surface area (Å²) in [5.74, 6) is -1.01. The van der Waals surface area contributed by atoms with E-state index in [9.17, 15) is 29.4 Å².